The maximum Gasteiger partial charge on any atom is 0.142 e. The van der Waals surface area contributed by atoms with Crippen molar-refractivity contribution >= 4 is 0 Å². The highest BCUT2D eigenvalue weighted by molar-refractivity contribution is 5.66. The van der Waals surface area contributed by atoms with Crippen LogP contribution in [0.2, 0.25) is 0 Å². The van der Waals surface area contributed by atoms with Gasteiger partial charge >= 0.3 is 0 Å². The molecule has 0 aromatic carbocycles. The molecule has 1 aliphatic rings. The molecule has 1 aliphatic heterocycles. The first-order chi connectivity index (χ1) is 13.0. The molecule has 3 aromatic heterocycles. The molecule has 0 N–H and O–H groups in total. The Kier molecular flexibility index (Phi) is 4.46. The van der Waals surface area contributed by atoms with E-state index in [1.54, 1.807) is 12.3 Å². The van der Waals surface area contributed by atoms with E-state index in [-0.39, 0.29) is 6.10 Å². The number of ether oxygens (including phenoxy) is 1. The third-order valence-electron chi connectivity index (χ3n) is 4.78. The van der Waals surface area contributed by atoms with E-state index in [1.165, 1.54) is 5.56 Å². The maximum atomic E-state index is 9.21. The summed E-state index contributed by atoms with van der Waals surface area (Å²) in [4.78, 5) is 8.57. The van der Waals surface area contributed by atoms with Crippen molar-refractivity contribution < 1.29 is 4.74 Å². The Morgan fingerprint density at radius 1 is 1.22 bits per heavy atom. The van der Waals surface area contributed by atoms with Crippen LogP contribution in [0.3, 0.4) is 0 Å². The van der Waals surface area contributed by atoms with Gasteiger partial charge in [0.1, 0.15) is 11.8 Å². The van der Waals surface area contributed by atoms with E-state index in [0.717, 1.165) is 46.9 Å². The van der Waals surface area contributed by atoms with Crippen LogP contribution in [-0.2, 0) is 17.6 Å². The highest BCUT2D eigenvalue weighted by Gasteiger charge is 2.25. The summed E-state index contributed by atoms with van der Waals surface area (Å²) in [5, 5.41) is 14.2. The van der Waals surface area contributed by atoms with Gasteiger partial charge in [0.15, 0.2) is 0 Å². The molecule has 4 heterocycles. The van der Waals surface area contributed by atoms with Crippen LogP contribution in [0.1, 0.15) is 35.3 Å². The second-order valence-corrected chi connectivity index (χ2v) is 6.97. The van der Waals surface area contributed by atoms with Crippen LogP contribution in [-0.4, -0.2) is 32.5 Å². The Labute approximate surface area is 158 Å². The molecule has 0 bridgehead atoms. The lowest BCUT2D eigenvalue weighted by molar-refractivity contribution is 0.0735. The van der Waals surface area contributed by atoms with E-state index in [2.05, 4.69) is 35.1 Å². The summed E-state index contributed by atoms with van der Waals surface area (Å²) in [5.74, 6) is 0. The number of rotatable bonds is 2. The minimum Gasteiger partial charge on any atom is -0.378 e. The van der Waals surface area contributed by atoms with E-state index >= 15 is 0 Å². The Hall–Kier alpha value is -3.04. The average molecular weight is 359 g/mol. The lowest BCUT2D eigenvalue weighted by atomic mass is 10.0. The van der Waals surface area contributed by atoms with Crippen molar-refractivity contribution in [1.82, 2.24) is 19.7 Å². The summed E-state index contributed by atoms with van der Waals surface area (Å²) in [5.41, 5.74) is 7.56. The summed E-state index contributed by atoms with van der Waals surface area (Å²) < 4.78 is 7.85. The van der Waals surface area contributed by atoms with Crippen molar-refractivity contribution in [3.8, 4) is 23.0 Å². The molecular weight excluding hydrogens is 338 g/mol. The number of fused-ring (bicyclic) bond motifs is 1. The summed E-state index contributed by atoms with van der Waals surface area (Å²) in [6.07, 6.45) is 3.35. The average Bonchev–Trinajstić information content (AvgIpc) is 2.88. The van der Waals surface area contributed by atoms with Gasteiger partial charge in [-0.3, -0.25) is 4.98 Å². The van der Waals surface area contributed by atoms with E-state index in [4.69, 9.17) is 9.84 Å². The highest BCUT2D eigenvalue weighted by atomic mass is 16.5. The molecule has 1 atom stereocenters. The van der Waals surface area contributed by atoms with Crippen LogP contribution in [0.15, 0.2) is 30.5 Å². The Balaban J connectivity index is 1.94. The van der Waals surface area contributed by atoms with Crippen LogP contribution in [0.5, 0.6) is 0 Å². The zero-order chi connectivity index (χ0) is 19.0. The molecule has 3 aromatic rings. The van der Waals surface area contributed by atoms with Crippen molar-refractivity contribution in [2.24, 2.45) is 0 Å². The summed E-state index contributed by atoms with van der Waals surface area (Å²) >= 11 is 0. The third-order valence-corrected chi connectivity index (χ3v) is 4.78. The zero-order valence-electron chi connectivity index (χ0n) is 15.7. The minimum atomic E-state index is 0.118. The predicted molar refractivity (Wildman–Crippen MR) is 102 cm³/mol. The standard InChI is InChI=1S/C21H21N5O/c1-13-8-16(9-14(2)24-13)21-19-5-7-27-15(3)10-20(19)26(25-21)18-4-6-23-17(11-18)12-22/h4,6,8-9,11,15H,5,7,10H2,1-3H3/t15-/m1/s1. The van der Waals surface area contributed by atoms with Gasteiger partial charge in [-0.25, -0.2) is 9.67 Å². The number of nitrogens with zero attached hydrogens (tertiary/aromatic N) is 5. The monoisotopic (exact) mass is 359 g/mol. The quantitative estimate of drug-likeness (QED) is 0.701. The van der Waals surface area contributed by atoms with Crippen LogP contribution >= 0.6 is 0 Å². The second kappa shape index (κ2) is 6.93. The molecule has 0 spiro atoms. The Morgan fingerprint density at radius 2 is 2.00 bits per heavy atom. The fraction of sp³-hybridized carbons (Fsp3) is 0.333. The lowest BCUT2D eigenvalue weighted by Gasteiger charge is -2.11. The number of hydrogen-bond donors (Lipinski definition) is 0. The normalized spacial score (nSPS) is 16.4. The first kappa shape index (κ1) is 17.4. The molecule has 4 rings (SSSR count). The molecule has 0 amide bonds. The van der Waals surface area contributed by atoms with Gasteiger partial charge in [0, 0.05) is 41.2 Å². The van der Waals surface area contributed by atoms with Crippen LogP contribution in [0.25, 0.3) is 16.9 Å². The fourth-order valence-corrected chi connectivity index (χ4v) is 3.68. The molecule has 6 nitrogen and oxygen atoms in total. The molecule has 0 radical (unpaired) electrons. The van der Waals surface area contributed by atoms with Gasteiger partial charge < -0.3 is 4.74 Å². The number of pyridine rings is 2. The smallest absolute Gasteiger partial charge is 0.142 e. The lowest BCUT2D eigenvalue weighted by Crippen LogP contribution is -2.13. The number of hydrogen-bond acceptors (Lipinski definition) is 5. The maximum absolute atomic E-state index is 9.21. The molecule has 0 saturated heterocycles. The predicted octanol–water partition coefficient (Wildman–Crippen LogP) is 3.32. The van der Waals surface area contributed by atoms with Gasteiger partial charge in [-0.2, -0.15) is 10.4 Å². The molecule has 0 fully saturated rings. The van der Waals surface area contributed by atoms with Crippen molar-refractivity contribution in [2.75, 3.05) is 6.61 Å². The van der Waals surface area contributed by atoms with Crippen molar-refractivity contribution in [3.63, 3.8) is 0 Å². The number of aromatic nitrogens is 4. The first-order valence-electron chi connectivity index (χ1n) is 9.09. The SMILES string of the molecule is Cc1cc(-c2nn(-c3ccnc(C#N)c3)c3c2CCO[C@H](C)C3)cc(C)n1. The van der Waals surface area contributed by atoms with Crippen molar-refractivity contribution in [1.29, 1.82) is 5.26 Å². The van der Waals surface area contributed by atoms with Crippen LogP contribution in [0, 0.1) is 25.2 Å². The molecule has 0 aliphatic carbocycles. The molecule has 27 heavy (non-hydrogen) atoms. The van der Waals surface area contributed by atoms with E-state index in [9.17, 15) is 5.26 Å². The summed E-state index contributed by atoms with van der Waals surface area (Å²) in [6, 6.07) is 9.91. The Morgan fingerprint density at radius 3 is 2.74 bits per heavy atom. The van der Waals surface area contributed by atoms with Gasteiger partial charge in [-0.15, -0.1) is 0 Å². The van der Waals surface area contributed by atoms with E-state index < -0.39 is 0 Å². The van der Waals surface area contributed by atoms with E-state index in [1.807, 2.05) is 24.6 Å². The van der Waals surface area contributed by atoms with Crippen molar-refractivity contribution in [2.45, 2.75) is 39.7 Å². The second-order valence-electron chi connectivity index (χ2n) is 6.97. The topological polar surface area (TPSA) is 76.6 Å². The molecule has 6 heteroatoms. The van der Waals surface area contributed by atoms with Gasteiger partial charge in [-0.1, -0.05) is 0 Å². The third kappa shape index (κ3) is 3.34. The zero-order valence-corrected chi connectivity index (χ0v) is 15.7. The number of aryl methyl sites for hydroxylation is 2. The molecule has 0 saturated carbocycles. The largest absolute Gasteiger partial charge is 0.378 e. The van der Waals surface area contributed by atoms with Gasteiger partial charge in [0.05, 0.1) is 29.8 Å². The van der Waals surface area contributed by atoms with Crippen molar-refractivity contribution in [3.05, 3.63) is 58.8 Å². The van der Waals surface area contributed by atoms with Crippen LogP contribution < -0.4 is 0 Å². The first-order valence-corrected chi connectivity index (χ1v) is 9.09. The van der Waals surface area contributed by atoms with Gasteiger partial charge in [0.2, 0.25) is 0 Å². The van der Waals surface area contributed by atoms with Gasteiger partial charge in [0.25, 0.3) is 0 Å². The summed E-state index contributed by atoms with van der Waals surface area (Å²) in [7, 11) is 0. The van der Waals surface area contributed by atoms with Crippen LogP contribution in [0.4, 0.5) is 0 Å². The Bertz CT molecular complexity index is 1030. The molecule has 136 valence electrons. The minimum absolute atomic E-state index is 0.118. The number of nitriles is 1. The van der Waals surface area contributed by atoms with E-state index in [0.29, 0.717) is 12.3 Å². The summed E-state index contributed by atoms with van der Waals surface area (Å²) in [6.45, 7) is 6.76. The molecular formula is C21H21N5O. The fourth-order valence-electron chi connectivity index (χ4n) is 3.68. The highest BCUT2D eigenvalue weighted by Crippen LogP contribution is 2.31. The van der Waals surface area contributed by atoms with Gasteiger partial charge in [-0.05, 0) is 45.4 Å². The molecule has 0 unspecified atom stereocenters.